The highest BCUT2D eigenvalue weighted by Crippen LogP contribution is 2.20. The molecule has 0 aromatic carbocycles. The third-order valence-corrected chi connectivity index (χ3v) is 4.79. The summed E-state index contributed by atoms with van der Waals surface area (Å²) in [5, 5.41) is 5.33. The standard InChI is InChI=1S/C15H23F3N4S.HI/c1-19-14(21(2)7-6-13-4-3-9-23-13)20-12-5-8-22(10-12)11-15(16,17)18;/h3-4,9,12H,5-8,10-11H2,1-2H3,(H,19,20);1H. The first kappa shape index (κ1) is 21.5. The number of rotatable bonds is 5. The molecule has 0 aliphatic carbocycles. The first-order valence-corrected chi connectivity index (χ1v) is 8.51. The average Bonchev–Trinajstić information content (AvgIpc) is 3.12. The number of halogens is 4. The second-order valence-corrected chi connectivity index (χ2v) is 6.81. The van der Waals surface area contributed by atoms with Gasteiger partial charge in [0.1, 0.15) is 0 Å². The molecule has 1 aromatic rings. The summed E-state index contributed by atoms with van der Waals surface area (Å²) in [6, 6.07) is 4.14. The van der Waals surface area contributed by atoms with Gasteiger partial charge in [-0.3, -0.25) is 9.89 Å². The maximum atomic E-state index is 12.4. The summed E-state index contributed by atoms with van der Waals surface area (Å²) >= 11 is 1.72. The van der Waals surface area contributed by atoms with Crippen LogP contribution in [-0.4, -0.2) is 68.3 Å². The first-order valence-electron chi connectivity index (χ1n) is 7.63. The van der Waals surface area contributed by atoms with Crippen molar-refractivity contribution in [2.24, 2.45) is 4.99 Å². The highest BCUT2D eigenvalue weighted by atomic mass is 127. The van der Waals surface area contributed by atoms with Crippen molar-refractivity contribution in [3.63, 3.8) is 0 Å². The zero-order chi connectivity index (χ0) is 16.9. The van der Waals surface area contributed by atoms with E-state index < -0.39 is 12.7 Å². The van der Waals surface area contributed by atoms with E-state index in [0.29, 0.717) is 19.5 Å². The predicted octanol–water partition coefficient (Wildman–Crippen LogP) is 3.05. The fourth-order valence-corrected chi connectivity index (χ4v) is 3.41. The minimum absolute atomic E-state index is 0. The van der Waals surface area contributed by atoms with E-state index in [-0.39, 0.29) is 30.0 Å². The highest BCUT2D eigenvalue weighted by molar-refractivity contribution is 14.0. The van der Waals surface area contributed by atoms with Gasteiger partial charge in [0, 0.05) is 44.6 Å². The molecule has 0 bridgehead atoms. The van der Waals surface area contributed by atoms with Crippen molar-refractivity contribution in [1.82, 2.24) is 15.1 Å². The van der Waals surface area contributed by atoms with Crippen molar-refractivity contribution < 1.29 is 13.2 Å². The van der Waals surface area contributed by atoms with Gasteiger partial charge in [-0.15, -0.1) is 35.3 Å². The van der Waals surface area contributed by atoms with Gasteiger partial charge in [0.25, 0.3) is 0 Å². The molecule has 0 amide bonds. The molecule has 4 nitrogen and oxygen atoms in total. The molecular formula is C15H24F3IN4S. The maximum Gasteiger partial charge on any atom is 0.401 e. The fourth-order valence-electron chi connectivity index (χ4n) is 2.71. The normalized spacial score (nSPS) is 19.2. The molecule has 1 saturated heterocycles. The molecular weight excluding hydrogens is 452 g/mol. The molecule has 1 unspecified atom stereocenters. The minimum Gasteiger partial charge on any atom is -0.352 e. The molecule has 1 N–H and O–H groups in total. The lowest BCUT2D eigenvalue weighted by Crippen LogP contribution is -2.46. The molecule has 24 heavy (non-hydrogen) atoms. The summed E-state index contributed by atoms with van der Waals surface area (Å²) in [7, 11) is 3.65. The number of alkyl halides is 3. The number of guanidine groups is 1. The van der Waals surface area contributed by atoms with Crippen LogP contribution in [0.3, 0.4) is 0 Å². The Balaban J connectivity index is 0.00000288. The SMILES string of the molecule is CN=C(NC1CCN(CC(F)(F)F)C1)N(C)CCc1cccs1.I. The van der Waals surface area contributed by atoms with Crippen LogP contribution in [0.1, 0.15) is 11.3 Å². The molecule has 0 saturated carbocycles. The van der Waals surface area contributed by atoms with Crippen LogP contribution in [0.5, 0.6) is 0 Å². The Morgan fingerprint density at radius 3 is 2.83 bits per heavy atom. The molecule has 1 atom stereocenters. The van der Waals surface area contributed by atoms with Gasteiger partial charge in [-0.25, -0.2) is 0 Å². The summed E-state index contributed by atoms with van der Waals surface area (Å²) in [5.41, 5.74) is 0. The minimum atomic E-state index is -4.13. The third-order valence-electron chi connectivity index (χ3n) is 3.86. The van der Waals surface area contributed by atoms with E-state index in [4.69, 9.17) is 0 Å². The van der Waals surface area contributed by atoms with Crippen LogP contribution < -0.4 is 5.32 Å². The van der Waals surface area contributed by atoms with E-state index in [9.17, 15) is 13.2 Å². The molecule has 138 valence electrons. The Morgan fingerprint density at radius 1 is 1.50 bits per heavy atom. The molecule has 1 aliphatic heterocycles. The summed E-state index contributed by atoms with van der Waals surface area (Å²) in [6.45, 7) is 0.849. The summed E-state index contributed by atoms with van der Waals surface area (Å²) in [6.07, 6.45) is -2.50. The van der Waals surface area contributed by atoms with E-state index >= 15 is 0 Å². The van der Waals surface area contributed by atoms with Crippen molar-refractivity contribution in [1.29, 1.82) is 0 Å². The van der Waals surface area contributed by atoms with E-state index in [1.54, 1.807) is 18.4 Å². The maximum absolute atomic E-state index is 12.4. The second-order valence-electron chi connectivity index (χ2n) is 5.78. The van der Waals surface area contributed by atoms with Gasteiger partial charge >= 0.3 is 6.18 Å². The topological polar surface area (TPSA) is 30.9 Å². The number of nitrogens with one attached hydrogen (secondary N) is 1. The first-order chi connectivity index (χ1) is 10.9. The number of thiophene rings is 1. The largest absolute Gasteiger partial charge is 0.401 e. The smallest absolute Gasteiger partial charge is 0.352 e. The zero-order valence-electron chi connectivity index (χ0n) is 13.8. The lowest BCUT2D eigenvalue weighted by molar-refractivity contribution is -0.143. The van der Waals surface area contributed by atoms with Crippen molar-refractivity contribution in [3.8, 4) is 0 Å². The van der Waals surface area contributed by atoms with Gasteiger partial charge in [-0.2, -0.15) is 13.2 Å². The van der Waals surface area contributed by atoms with E-state index in [1.165, 1.54) is 9.78 Å². The van der Waals surface area contributed by atoms with Crippen LogP contribution in [0, 0.1) is 0 Å². The van der Waals surface area contributed by atoms with Crippen LogP contribution in [0.25, 0.3) is 0 Å². The molecule has 1 fully saturated rings. The Bertz CT molecular complexity index is 507. The van der Waals surface area contributed by atoms with Gasteiger partial charge in [0.2, 0.25) is 0 Å². The number of likely N-dealkylation sites (N-methyl/N-ethyl adjacent to an activating group) is 1. The fraction of sp³-hybridized carbons (Fsp3) is 0.667. The van der Waals surface area contributed by atoms with Crippen LogP contribution in [0.4, 0.5) is 13.2 Å². The van der Waals surface area contributed by atoms with Gasteiger partial charge in [-0.05, 0) is 24.3 Å². The van der Waals surface area contributed by atoms with Crippen molar-refractivity contribution in [2.75, 3.05) is 40.3 Å². The van der Waals surface area contributed by atoms with Crippen LogP contribution in [0.2, 0.25) is 0 Å². The highest BCUT2D eigenvalue weighted by Gasteiger charge is 2.34. The molecule has 0 radical (unpaired) electrons. The lowest BCUT2D eigenvalue weighted by atomic mass is 10.2. The molecule has 2 heterocycles. The lowest BCUT2D eigenvalue weighted by Gasteiger charge is -2.25. The number of aliphatic imine (C=N–C) groups is 1. The zero-order valence-corrected chi connectivity index (χ0v) is 17.0. The van der Waals surface area contributed by atoms with Gasteiger partial charge in [-0.1, -0.05) is 6.07 Å². The molecule has 9 heteroatoms. The number of nitrogens with zero attached hydrogens (tertiary/aromatic N) is 3. The van der Waals surface area contributed by atoms with E-state index in [1.807, 2.05) is 18.0 Å². The Hall–Kier alpha value is -0.550. The Kier molecular flexibility index (Phi) is 8.78. The number of hydrogen-bond acceptors (Lipinski definition) is 3. The monoisotopic (exact) mass is 476 g/mol. The summed E-state index contributed by atoms with van der Waals surface area (Å²) < 4.78 is 37.3. The predicted molar refractivity (Wildman–Crippen MR) is 103 cm³/mol. The summed E-state index contributed by atoms with van der Waals surface area (Å²) in [4.78, 5) is 9.02. The number of hydrogen-bond donors (Lipinski definition) is 1. The van der Waals surface area contributed by atoms with E-state index in [2.05, 4.69) is 21.8 Å². The van der Waals surface area contributed by atoms with Gasteiger partial charge < -0.3 is 10.2 Å². The van der Waals surface area contributed by atoms with Crippen LogP contribution in [-0.2, 0) is 6.42 Å². The molecule has 1 aromatic heterocycles. The van der Waals surface area contributed by atoms with Crippen molar-refractivity contribution >= 4 is 41.3 Å². The third kappa shape index (κ3) is 7.14. The average molecular weight is 476 g/mol. The van der Waals surface area contributed by atoms with Crippen molar-refractivity contribution in [2.45, 2.75) is 25.1 Å². The van der Waals surface area contributed by atoms with Gasteiger partial charge in [0.15, 0.2) is 5.96 Å². The quantitative estimate of drug-likeness (QED) is 0.403. The molecule has 0 spiro atoms. The summed E-state index contributed by atoms with van der Waals surface area (Å²) in [5.74, 6) is 0.736. The van der Waals surface area contributed by atoms with Gasteiger partial charge in [0.05, 0.1) is 6.54 Å². The second kappa shape index (κ2) is 9.81. The van der Waals surface area contributed by atoms with E-state index in [0.717, 1.165) is 18.9 Å². The Morgan fingerprint density at radius 2 is 2.25 bits per heavy atom. The van der Waals surface area contributed by atoms with Crippen molar-refractivity contribution in [3.05, 3.63) is 22.4 Å². The van der Waals surface area contributed by atoms with Crippen LogP contribution in [0.15, 0.2) is 22.5 Å². The number of likely N-dealkylation sites (tertiary alicyclic amines) is 1. The molecule has 2 rings (SSSR count). The van der Waals surface area contributed by atoms with Crippen LogP contribution >= 0.6 is 35.3 Å². The Labute approximate surface area is 162 Å². The molecule has 1 aliphatic rings.